The summed E-state index contributed by atoms with van der Waals surface area (Å²) in [5, 5.41) is 16.3. The molecule has 0 aliphatic heterocycles. The number of quaternary nitrogens is 1. The van der Waals surface area contributed by atoms with E-state index in [1.807, 2.05) is 18.2 Å². The van der Waals surface area contributed by atoms with Crippen molar-refractivity contribution in [3.8, 4) is 17.2 Å². The number of carbonyl (C=O) groups is 4. The Hall–Kier alpha value is -4.12. The van der Waals surface area contributed by atoms with E-state index in [0.29, 0.717) is 48.0 Å². The van der Waals surface area contributed by atoms with Crippen LogP contribution < -0.4 is 24.2 Å². The van der Waals surface area contributed by atoms with Crippen LogP contribution in [0.4, 0.5) is 0 Å². The number of nitrogens with one attached hydrogen (secondary N) is 1. The van der Waals surface area contributed by atoms with Crippen molar-refractivity contribution in [2.24, 2.45) is 5.92 Å². The lowest BCUT2D eigenvalue weighted by Gasteiger charge is -2.23. The molecule has 2 aromatic rings. The molecule has 0 amide bonds. The molecule has 11 heteroatoms. The van der Waals surface area contributed by atoms with Gasteiger partial charge >= 0.3 is 11.9 Å². The lowest BCUT2D eigenvalue weighted by Crippen LogP contribution is -3.10. The summed E-state index contributed by atoms with van der Waals surface area (Å²) in [5.41, 5.74) is 1.59. The van der Waals surface area contributed by atoms with Gasteiger partial charge in [0.05, 0.1) is 53.0 Å². The Labute approximate surface area is 246 Å². The number of ketones is 1. The highest BCUT2D eigenvalue weighted by atomic mass is 16.5. The minimum atomic E-state index is -2.07. The molecule has 0 spiro atoms. The van der Waals surface area contributed by atoms with Crippen LogP contribution in [0.1, 0.15) is 60.9 Å². The lowest BCUT2D eigenvalue weighted by atomic mass is 9.85. The fourth-order valence-corrected chi connectivity index (χ4v) is 4.88. The van der Waals surface area contributed by atoms with E-state index in [0.717, 1.165) is 32.5 Å². The number of rotatable bonds is 14. The maximum Gasteiger partial charge on any atom is 0.351 e. The Morgan fingerprint density at radius 2 is 1.50 bits per heavy atom. The fourth-order valence-electron chi connectivity index (χ4n) is 4.88. The molecule has 11 nitrogen and oxygen atoms in total. The molecule has 1 atom stereocenters. The van der Waals surface area contributed by atoms with E-state index in [9.17, 15) is 9.59 Å². The number of hydrogen-bond acceptors (Lipinski definition) is 9. The third-order valence-corrected chi connectivity index (χ3v) is 7.07. The number of carboxylic acid groups (broad SMARTS) is 2. The Kier molecular flexibility index (Phi) is 14.9. The molecule has 2 N–H and O–H groups in total. The van der Waals surface area contributed by atoms with Gasteiger partial charge in [-0.3, -0.25) is 4.79 Å². The van der Waals surface area contributed by atoms with Gasteiger partial charge in [0.1, 0.15) is 12.3 Å². The van der Waals surface area contributed by atoms with Crippen molar-refractivity contribution in [1.82, 2.24) is 0 Å². The first-order valence-corrected chi connectivity index (χ1v) is 14.0. The monoisotopic (exact) mass is 587 g/mol. The van der Waals surface area contributed by atoms with Crippen LogP contribution in [0.15, 0.2) is 42.5 Å². The van der Waals surface area contributed by atoms with Gasteiger partial charge in [-0.25, -0.2) is 9.59 Å². The normalized spacial score (nSPS) is 13.6. The summed E-state index contributed by atoms with van der Waals surface area (Å²) in [6.07, 6.45) is 7.01. The van der Waals surface area contributed by atoms with Crippen molar-refractivity contribution >= 4 is 23.7 Å². The summed E-state index contributed by atoms with van der Waals surface area (Å²) in [6, 6.07) is 13.5. The van der Waals surface area contributed by atoms with Crippen molar-refractivity contribution < 1.29 is 53.2 Å². The number of ether oxygens (including phenoxy) is 4. The van der Waals surface area contributed by atoms with Gasteiger partial charge < -0.3 is 38.9 Å². The minimum Gasteiger partial charge on any atom is -0.539 e. The molecular formula is C31H41NO10. The van der Waals surface area contributed by atoms with Crippen LogP contribution in [-0.2, 0) is 25.7 Å². The molecule has 0 radical (unpaired) electrons. The van der Waals surface area contributed by atoms with Gasteiger partial charge in [0.25, 0.3) is 0 Å². The van der Waals surface area contributed by atoms with E-state index in [1.54, 1.807) is 12.1 Å². The van der Waals surface area contributed by atoms with Gasteiger partial charge in [0, 0.05) is 17.9 Å². The van der Waals surface area contributed by atoms with Gasteiger partial charge in [-0.15, -0.1) is 0 Å². The Morgan fingerprint density at radius 3 is 2.02 bits per heavy atom. The maximum absolute atomic E-state index is 12.8. The second kappa shape index (κ2) is 18.3. The second-order valence-electron chi connectivity index (χ2n) is 9.96. The van der Waals surface area contributed by atoms with Gasteiger partial charge in [0.2, 0.25) is 5.75 Å². The van der Waals surface area contributed by atoms with E-state index in [1.165, 1.54) is 51.1 Å². The van der Waals surface area contributed by atoms with Crippen molar-refractivity contribution in [2.45, 2.75) is 51.5 Å². The molecule has 230 valence electrons. The third-order valence-electron chi connectivity index (χ3n) is 7.07. The zero-order valence-electron chi connectivity index (χ0n) is 24.5. The van der Waals surface area contributed by atoms with E-state index in [2.05, 4.69) is 12.1 Å². The smallest absolute Gasteiger partial charge is 0.351 e. The highest BCUT2D eigenvalue weighted by Crippen LogP contribution is 2.38. The Bertz CT molecular complexity index is 1120. The molecular weight excluding hydrogens is 546 g/mol. The SMILES string of the molecule is COc1cc(C(=O)OCCC[NH+](CCC(=O)C2CCCCC2)Cc2ccccc2)cc(OC)c1OC.O=C([O-])C(=O)O. The molecule has 1 fully saturated rings. The summed E-state index contributed by atoms with van der Waals surface area (Å²) in [5.74, 6) is -2.55. The quantitative estimate of drug-likeness (QED) is 0.190. The van der Waals surface area contributed by atoms with E-state index < -0.39 is 17.9 Å². The maximum atomic E-state index is 12.8. The van der Waals surface area contributed by atoms with Crippen LogP contribution in [0.5, 0.6) is 17.2 Å². The molecule has 0 heterocycles. The predicted molar refractivity (Wildman–Crippen MR) is 151 cm³/mol. The number of carboxylic acids is 2. The van der Waals surface area contributed by atoms with E-state index in [4.69, 9.17) is 38.7 Å². The largest absolute Gasteiger partial charge is 0.539 e. The summed E-state index contributed by atoms with van der Waals surface area (Å²) in [4.78, 5) is 44.8. The second-order valence-corrected chi connectivity index (χ2v) is 9.96. The van der Waals surface area contributed by atoms with Crippen LogP contribution in [-0.4, -0.2) is 69.8 Å². The molecule has 0 saturated heterocycles. The Morgan fingerprint density at radius 1 is 0.905 bits per heavy atom. The number of benzene rings is 2. The molecule has 2 aromatic carbocycles. The van der Waals surface area contributed by atoms with Crippen LogP contribution >= 0.6 is 0 Å². The van der Waals surface area contributed by atoms with Crippen LogP contribution in [0.2, 0.25) is 0 Å². The highest BCUT2D eigenvalue weighted by molar-refractivity contribution is 6.26. The molecule has 1 unspecified atom stereocenters. The summed E-state index contributed by atoms with van der Waals surface area (Å²) in [7, 11) is 4.54. The van der Waals surface area contributed by atoms with Crippen LogP contribution in [0, 0.1) is 5.92 Å². The first kappa shape index (κ1) is 34.1. The molecule has 0 bridgehead atoms. The van der Waals surface area contributed by atoms with Crippen molar-refractivity contribution in [3.05, 3.63) is 53.6 Å². The molecule has 0 aromatic heterocycles. The topological polar surface area (TPSA) is 153 Å². The average molecular weight is 588 g/mol. The summed E-state index contributed by atoms with van der Waals surface area (Å²) >= 11 is 0. The molecule has 1 saturated carbocycles. The number of Topliss-reactive ketones (excluding diaryl/α,β-unsaturated/α-hetero) is 1. The number of methoxy groups -OCH3 is 3. The average Bonchev–Trinajstić information content (AvgIpc) is 3.01. The standard InChI is InChI=1S/C29H39NO6.C2H2O4/c1-33-26-19-24(20-27(34-2)28(26)35-3)29(32)36-18-10-16-30(21-22-11-6-4-7-12-22)17-15-25(31)23-13-8-5-9-14-23;3-1(4)2(5)6/h4,6-7,11-12,19-20,23H,5,8-10,13-18,21H2,1-3H3;(H,3,4)(H,5,6). The fraction of sp³-hybridized carbons (Fsp3) is 0.484. The first-order valence-electron chi connectivity index (χ1n) is 14.0. The first-order chi connectivity index (χ1) is 20.2. The van der Waals surface area contributed by atoms with E-state index >= 15 is 0 Å². The van der Waals surface area contributed by atoms with Crippen molar-refractivity contribution in [3.63, 3.8) is 0 Å². The number of carbonyl (C=O) groups excluding carboxylic acids is 3. The van der Waals surface area contributed by atoms with Gasteiger partial charge in [0.15, 0.2) is 17.5 Å². The molecule has 1 aliphatic carbocycles. The predicted octanol–water partition coefficient (Wildman–Crippen LogP) is 1.70. The van der Waals surface area contributed by atoms with Gasteiger partial charge in [-0.05, 0) is 25.0 Å². The molecule has 3 rings (SSSR count). The third kappa shape index (κ3) is 11.4. The van der Waals surface area contributed by atoms with Gasteiger partial charge in [-0.1, -0.05) is 49.6 Å². The van der Waals surface area contributed by atoms with Gasteiger partial charge in [-0.2, -0.15) is 0 Å². The van der Waals surface area contributed by atoms with Crippen molar-refractivity contribution in [2.75, 3.05) is 41.0 Å². The molecule has 42 heavy (non-hydrogen) atoms. The number of aliphatic carboxylic acids is 2. The van der Waals surface area contributed by atoms with Crippen LogP contribution in [0.25, 0.3) is 0 Å². The number of hydrogen-bond donors (Lipinski definition) is 2. The van der Waals surface area contributed by atoms with Crippen LogP contribution in [0.3, 0.4) is 0 Å². The summed E-state index contributed by atoms with van der Waals surface area (Å²) in [6.45, 7) is 2.75. The van der Waals surface area contributed by atoms with Crippen molar-refractivity contribution in [1.29, 1.82) is 0 Å². The molecule has 1 aliphatic rings. The minimum absolute atomic E-state index is 0.246. The Balaban J connectivity index is 0.000000928. The van der Waals surface area contributed by atoms with E-state index in [-0.39, 0.29) is 5.92 Å². The lowest BCUT2D eigenvalue weighted by molar-refractivity contribution is -0.913. The zero-order chi connectivity index (χ0) is 30.9. The summed E-state index contributed by atoms with van der Waals surface area (Å²) < 4.78 is 21.5. The number of esters is 1. The zero-order valence-corrected chi connectivity index (χ0v) is 24.5. The highest BCUT2D eigenvalue weighted by Gasteiger charge is 2.23.